The van der Waals surface area contributed by atoms with Crippen LogP contribution < -0.4 is 9.47 Å². The number of hydrogen-bond acceptors (Lipinski definition) is 4. The normalized spacial score (nSPS) is 18.3. The van der Waals surface area contributed by atoms with Crippen LogP contribution in [0.15, 0.2) is 42.6 Å². The molecule has 0 spiro atoms. The highest BCUT2D eigenvalue weighted by Gasteiger charge is 2.34. The number of amides is 2. The number of urea groups is 1. The molecule has 0 bridgehead atoms. The molecule has 1 aromatic heterocycles. The van der Waals surface area contributed by atoms with Crippen LogP contribution in [0.4, 0.5) is 4.79 Å². The number of carbonyl (C=O) groups is 1. The van der Waals surface area contributed by atoms with Crippen LogP contribution in [0.5, 0.6) is 11.5 Å². The van der Waals surface area contributed by atoms with E-state index in [-0.39, 0.29) is 12.1 Å². The molecule has 0 radical (unpaired) electrons. The highest BCUT2D eigenvalue weighted by molar-refractivity contribution is 5.83. The first kappa shape index (κ1) is 21.6. The Morgan fingerprint density at radius 3 is 2.64 bits per heavy atom. The van der Waals surface area contributed by atoms with Crippen molar-refractivity contribution in [3.05, 3.63) is 59.3 Å². The van der Waals surface area contributed by atoms with Gasteiger partial charge in [0, 0.05) is 36.7 Å². The van der Waals surface area contributed by atoms with Crippen molar-refractivity contribution in [3.8, 4) is 11.5 Å². The van der Waals surface area contributed by atoms with Crippen molar-refractivity contribution in [2.24, 2.45) is 0 Å². The fraction of sp³-hybridized carbons (Fsp3) is 0.423. The second kappa shape index (κ2) is 9.35. The maximum Gasteiger partial charge on any atom is 0.320 e. The lowest BCUT2D eigenvalue weighted by Crippen LogP contribution is -2.51. The van der Waals surface area contributed by atoms with Gasteiger partial charge in [-0.3, -0.25) is 0 Å². The minimum Gasteiger partial charge on any atom is -0.493 e. The van der Waals surface area contributed by atoms with Gasteiger partial charge in [-0.1, -0.05) is 18.2 Å². The van der Waals surface area contributed by atoms with Gasteiger partial charge < -0.3 is 29.0 Å². The number of morpholine rings is 1. The van der Waals surface area contributed by atoms with Gasteiger partial charge >= 0.3 is 6.03 Å². The predicted octanol–water partition coefficient (Wildman–Crippen LogP) is 4.17. The standard InChI is InChI=1S/C26H31N3O4/c1-31-24-15-18-9-10-29(26(30)28-11-13-33-14-12-28)23(21(18)16-25(24)32-2)8-7-19-17-27-22-6-4-3-5-20(19)22/h3-6,15-17,23,27H,7-14H2,1-2H3/t23-/m0/s1. The molecule has 1 atom stereocenters. The number of aryl methyl sites for hydroxylation is 1. The maximum absolute atomic E-state index is 13.6. The third-order valence-electron chi connectivity index (χ3n) is 6.89. The minimum atomic E-state index is -0.0300. The number of para-hydroxylation sites is 1. The van der Waals surface area contributed by atoms with Gasteiger partial charge in [-0.25, -0.2) is 4.79 Å². The molecule has 2 aliphatic rings. The van der Waals surface area contributed by atoms with Gasteiger partial charge in [-0.05, 0) is 54.2 Å². The molecule has 2 amide bonds. The van der Waals surface area contributed by atoms with E-state index in [1.54, 1.807) is 14.2 Å². The molecule has 1 saturated heterocycles. The van der Waals surface area contributed by atoms with Gasteiger partial charge in [0.15, 0.2) is 11.5 Å². The van der Waals surface area contributed by atoms with Crippen LogP contribution in [-0.4, -0.2) is 67.9 Å². The summed E-state index contributed by atoms with van der Waals surface area (Å²) in [6.07, 6.45) is 4.60. The lowest BCUT2D eigenvalue weighted by Gasteiger charge is -2.41. The van der Waals surface area contributed by atoms with E-state index in [0.29, 0.717) is 38.6 Å². The van der Waals surface area contributed by atoms with E-state index in [4.69, 9.17) is 14.2 Å². The summed E-state index contributed by atoms with van der Waals surface area (Å²) in [5, 5.41) is 1.24. The highest BCUT2D eigenvalue weighted by atomic mass is 16.5. The molecule has 0 saturated carbocycles. The van der Waals surface area contributed by atoms with Gasteiger partial charge in [-0.15, -0.1) is 0 Å². The molecule has 7 nitrogen and oxygen atoms in total. The van der Waals surface area contributed by atoms with Crippen molar-refractivity contribution in [2.45, 2.75) is 25.3 Å². The Balaban J connectivity index is 1.48. The van der Waals surface area contributed by atoms with Crippen molar-refractivity contribution in [3.63, 3.8) is 0 Å². The summed E-state index contributed by atoms with van der Waals surface area (Å²) < 4.78 is 16.6. The minimum absolute atomic E-state index is 0.0300. The Kier molecular flexibility index (Phi) is 6.13. The topological polar surface area (TPSA) is 67.0 Å². The number of aromatic nitrogens is 1. The molecule has 33 heavy (non-hydrogen) atoms. The van der Waals surface area contributed by atoms with Crippen molar-refractivity contribution in [1.82, 2.24) is 14.8 Å². The van der Waals surface area contributed by atoms with Crippen LogP contribution in [0.25, 0.3) is 10.9 Å². The first-order valence-corrected chi connectivity index (χ1v) is 11.6. The van der Waals surface area contributed by atoms with Crippen molar-refractivity contribution in [2.75, 3.05) is 47.1 Å². The average Bonchev–Trinajstić information content (AvgIpc) is 3.29. The van der Waals surface area contributed by atoms with Crippen molar-refractivity contribution >= 4 is 16.9 Å². The Bertz CT molecular complexity index is 1140. The van der Waals surface area contributed by atoms with Crippen LogP contribution in [0.2, 0.25) is 0 Å². The van der Waals surface area contributed by atoms with Crippen LogP contribution >= 0.6 is 0 Å². The monoisotopic (exact) mass is 449 g/mol. The molecule has 0 aliphatic carbocycles. The summed E-state index contributed by atoms with van der Waals surface area (Å²) in [5.41, 5.74) is 4.80. The molecule has 174 valence electrons. The lowest BCUT2D eigenvalue weighted by molar-refractivity contribution is 0.0376. The number of nitrogens with zero attached hydrogens (tertiary/aromatic N) is 2. The van der Waals surface area contributed by atoms with E-state index in [2.05, 4.69) is 46.4 Å². The molecule has 2 aromatic carbocycles. The predicted molar refractivity (Wildman–Crippen MR) is 127 cm³/mol. The Morgan fingerprint density at radius 1 is 1.09 bits per heavy atom. The number of hydrogen-bond donors (Lipinski definition) is 1. The average molecular weight is 450 g/mol. The van der Waals surface area contributed by atoms with Crippen molar-refractivity contribution < 1.29 is 19.0 Å². The number of aromatic amines is 1. The fourth-order valence-corrected chi connectivity index (χ4v) is 5.14. The van der Waals surface area contributed by atoms with Crippen LogP contribution in [0.3, 0.4) is 0 Å². The summed E-state index contributed by atoms with van der Waals surface area (Å²) in [4.78, 5) is 20.9. The number of ether oxygens (including phenoxy) is 3. The molecule has 3 aromatic rings. The largest absolute Gasteiger partial charge is 0.493 e. The number of carbonyl (C=O) groups excluding carboxylic acids is 1. The zero-order chi connectivity index (χ0) is 22.8. The second-order valence-corrected chi connectivity index (χ2v) is 8.65. The molecule has 3 heterocycles. The Hall–Kier alpha value is -3.19. The molecule has 2 aliphatic heterocycles. The van der Waals surface area contributed by atoms with E-state index in [0.717, 1.165) is 36.1 Å². The van der Waals surface area contributed by atoms with Crippen LogP contribution in [0.1, 0.15) is 29.2 Å². The van der Waals surface area contributed by atoms with E-state index in [1.165, 1.54) is 16.5 Å². The zero-order valence-electron chi connectivity index (χ0n) is 19.3. The third kappa shape index (κ3) is 4.13. The van der Waals surface area contributed by atoms with Crippen LogP contribution in [0, 0.1) is 0 Å². The third-order valence-corrected chi connectivity index (χ3v) is 6.89. The van der Waals surface area contributed by atoms with Gasteiger partial charge in [0.2, 0.25) is 0 Å². The van der Waals surface area contributed by atoms with E-state index < -0.39 is 0 Å². The molecule has 0 unspecified atom stereocenters. The summed E-state index contributed by atoms with van der Waals surface area (Å²) in [6.45, 7) is 3.17. The Labute approximate surface area is 194 Å². The van der Waals surface area contributed by atoms with Gasteiger partial charge in [0.05, 0.1) is 33.5 Å². The Morgan fingerprint density at radius 2 is 1.85 bits per heavy atom. The number of nitrogens with one attached hydrogen (secondary N) is 1. The molecule has 1 N–H and O–H groups in total. The first-order valence-electron chi connectivity index (χ1n) is 11.6. The summed E-state index contributed by atoms with van der Waals surface area (Å²) in [5.74, 6) is 1.44. The summed E-state index contributed by atoms with van der Waals surface area (Å²) >= 11 is 0. The second-order valence-electron chi connectivity index (χ2n) is 8.65. The maximum atomic E-state index is 13.6. The number of fused-ring (bicyclic) bond motifs is 2. The number of benzene rings is 2. The SMILES string of the molecule is COc1cc2c(cc1OC)[C@H](CCc1c[nH]c3ccccc13)N(C(=O)N1CCOCC1)CC2. The number of methoxy groups -OCH3 is 2. The van der Waals surface area contributed by atoms with Gasteiger partial charge in [0.1, 0.15) is 0 Å². The van der Waals surface area contributed by atoms with Crippen LogP contribution in [-0.2, 0) is 17.6 Å². The highest BCUT2D eigenvalue weighted by Crippen LogP contribution is 2.40. The molecule has 5 rings (SSSR count). The molecular formula is C26H31N3O4. The summed E-state index contributed by atoms with van der Waals surface area (Å²) in [7, 11) is 3.32. The van der Waals surface area contributed by atoms with Gasteiger partial charge in [0.25, 0.3) is 0 Å². The fourth-order valence-electron chi connectivity index (χ4n) is 5.14. The number of rotatable bonds is 5. The first-order chi connectivity index (χ1) is 16.2. The van der Waals surface area contributed by atoms with Gasteiger partial charge in [-0.2, -0.15) is 0 Å². The van der Waals surface area contributed by atoms with E-state index in [1.807, 2.05) is 11.0 Å². The molecule has 1 fully saturated rings. The molecule has 7 heteroatoms. The van der Waals surface area contributed by atoms with Crippen molar-refractivity contribution in [1.29, 1.82) is 0 Å². The quantitative estimate of drug-likeness (QED) is 0.635. The van der Waals surface area contributed by atoms with E-state index in [9.17, 15) is 4.79 Å². The smallest absolute Gasteiger partial charge is 0.320 e. The molecular weight excluding hydrogens is 418 g/mol. The number of H-pyrrole nitrogens is 1. The summed E-state index contributed by atoms with van der Waals surface area (Å²) in [6, 6.07) is 12.6. The lowest BCUT2D eigenvalue weighted by atomic mass is 9.88. The van der Waals surface area contributed by atoms with E-state index >= 15 is 0 Å². The zero-order valence-corrected chi connectivity index (χ0v) is 19.3.